The van der Waals surface area contributed by atoms with Crippen LogP contribution in [0.15, 0.2) is 53.0 Å². The van der Waals surface area contributed by atoms with Gasteiger partial charge in [-0.25, -0.2) is 0 Å². The third kappa shape index (κ3) is 4.19. The van der Waals surface area contributed by atoms with Crippen molar-refractivity contribution in [2.75, 3.05) is 7.11 Å². The maximum absolute atomic E-state index is 5.74. The predicted octanol–water partition coefficient (Wildman–Crippen LogP) is 3.12. The van der Waals surface area contributed by atoms with Gasteiger partial charge in [-0.1, -0.05) is 30.3 Å². The molecule has 92 valence electrons. The van der Waals surface area contributed by atoms with E-state index in [1.54, 1.807) is 7.11 Å². The Morgan fingerprint density at radius 3 is 2.44 bits per heavy atom. The zero-order valence-corrected chi connectivity index (χ0v) is 11.1. The minimum absolute atomic E-state index is 0. The van der Waals surface area contributed by atoms with Crippen LogP contribution in [0.3, 0.4) is 0 Å². The zero-order chi connectivity index (χ0) is 12.1. The van der Waals surface area contributed by atoms with Crippen LogP contribution in [-0.2, 0) is 6.61 Å². The first-order valence-electron chi connectivity index (χ1n) is 5.30. The quantitative estimate of drug-likeness (QED) is 0.806. The van der Waals surface area contributed by atoms with E-state index in [2.05, 4.69) is 15.9 Å². The maximum atomic E-state index is 5.74. The smallest absolute Gasteiger partial charge is 0.316 e. The Balaban J connectivity index is 0.00000162. The molecule has 0 heterocycles. The minimum atomic E-state index is 0. The predicted molar refractivity (Wildman–Crippen MR) is 80.0 cm³/mol. The molecule has 2 aromatic carbocycles. The van der Waals surface area contributed by atoms with Crippen molar-refractivity contribution in [1.29, 1.82) is 0 Å². The van der Waals surface area contributed by atoms with Crippen molar-refractivity contribution in [1.82, 2.24) is 0 Å². The Bertz CT molecular complexity index is 488. The SMILES string of the molecule is COc1ccc(Br)c(OCc2ccccc2)c1.[MgH2]. The average molecular weight is 319 g/mol. The summed E-state index contributed by atoms with van der Waals surface area (Å²) in [5.41, 5.74) is 1.14. The molecular weight excluding hydrogens is 304 g/mol. The minimum Gasteiger partial charge on any atom is -0.497 e. The molecule has 0 atom stereocenters. The van der Waals surface area contributed by atoms with E-state index in [0.29, 0.717) is 6.61 Å². The van der Waals surface area contributed by atoms with E-state index >= 15 is 0 Å². The van der Waals surface area contributed by atoms with Crippen molar-refractivity contribution >= 4 is 39.0 Å². The van der Waals surface area contributed by atoms with E-state index < -0.39 is 0 Å². The number of rotatable bonds is 4. The van der Waals surface area contributed by atoms with E-state index in [4.69, 9.17) is 9.47 Å². The summed E-state index contributed by atoms with van der Waals surface area (Å²) in [6.07, 6.45) is 0. The number of methoxy groups -OCH3 is 1. The Kier molecular flexibility index (Phi) is 6.53. The number of hydrogen-bond donors (Lipinski definition) is 0. The van der Waals surface area contributed by atoms with Crippen LogP contribution in [0.4, 0.5) is 0 Å². The molecule has 2 rings (SSSR count). The molecule has 0 saturated heterocycles. The van der Waals surface area contributed by atoms with Gasteiger partial charge in [0.05, 0.1) is 11.6 Å². The van der Waals surface area contributed by atoms with Crippen LogP contribution in [-0.4, -0.2) is 30.2 Å². The van der Waals surface area contributed by atoms with Gasteiger partial charge in [-0.2, -0.15) is 0 Å². The topological polar surface area (TPSA) is 18.5 Å². The summed E-state index contributed by atoms with van der Waals surface area (Å²) >= 11 is 3.45. The van der Waals surface area contributed by atoms with Crippen molar-refractivity contribution in [3.05, 3.63) is 58.6 Å². The fraction of sp³-hybridized carbons (Fsp3) is 0.143. The molecule has 0 unspecified atom stereocenters. The van der Waals surface area contributed by atoms with Gasteiger partial charge in [0, 0.05) is 6.07 Å². The Morgan fingerprint density at radius 2 is 1.78 bits per heavy atom. The average Bonchev–Trinajstić information content (AvgIpc) is 2.39. The molecule has 0 aliphatic carbocycles. The zero-order valence-electron chi connectivity index (χ0n) is 9.52. The van der Waals surface area contributed by atoms with Crippen LogP contribution in [0.2, 0.25) is 0 Å². The standard InChI is InChI=1S/C14H13BrO2.Mg.2H/c1-16-12-7-8-13(15)14(9-12)17-10-11-5-3-2-4-6-11;;;/h2-9H,10H2,1H3;;;. The lowest BCUT2D eigenvalue weighted by Gasteiger charge is -2.09. The van der Waals surface area contributed by atoms with E-state index in [1.807, 2.05) is 48.5 Å². The van der Waals surface area contributed by atoms with Gasteiger partial charge in [0.1, 0.15) is 18.1 Å². The van der Waals surface area contributed by atoms with E-state index in [0.717, 1.165) is 21.5 Å². The summed E-state index contributed by atoms with van der Waals surface area (Å²) in [4.78, 5) is 0. The van der Waals surface area contributed by atoms with Gasteiger partial charge in [0.2, 0.25) is 0 Å². The number of benzene rings is 2. The third-order valence-corrected chi connectivity index (χ3v) is 3.03. The summed E-state index contributed by atoms with van der Waals surface area (Å²) in [5.74, 6) is 1.57. The van der Waals surface area contributed by atoms with Crippen LogP contribution in [0, 0.1) is 0 Å². The Labute approximate surface area is 132 Å². The molecule has 0 aliphatic heterocycles. The molecule has 0 spiro atoms. The number of halogens is 1. The van der Waals surface area contributed by atoms with Crippen molar-refractivity contribution in [3.63, 3.8) is 0 Å². The molecule has 0 saturated carbocycles. The third-order valence-electron chi connectivity index (χ3n) is 2.38. The first-order chi connectivity index (χ1) is 8.29. The Morgan fingerprint density at radius 1 is 1.06 bits per heavy atom. The van der Waals surface area contributed by atoms with Gasteiger partial charge in [0.25, 0.3) is 0 Å². The van der Waals surface area contributed by atoms with Crippen molar-refractivity contribution < 1.29 is 9.47 Å². The lowest BCUT2D eigenvalue weighted by molar-refractivity contribution is 0.301. The molecule has 18 heavy (non-hydrogen) atoms. The molecule has 0 fully saturated rings. The van der Waals surface area contributed by atoms with Gasteiger partial charge >= 0.3 is 23.1 Å². The highest BCUT2D eigenvalue weighted by Gasteiger charge is 2.03. The fourth-order valence-corrected chi connectivity index (χ4v) is 1.82. The molecular formula is C14H15BrMgO2. The molecule has 0 aromatic heterocycles. The summed E-state index contributed by atoms with van der Waals surface area (Å²) in [6, 6.07) is 15.7. The van der Waals surface area contributed by atoms with Crippen LogP contribution < -0.4 is 9.47 Å². The molecule has 0 amide bonds. The van der Waals surface area contributed by atoms with Crippen molar-refractivity contribution in [3.8, 4) is 11.5 Å². The van der Waals surface area contributed by atoms with Gasteiger partial charge in [-0.3, -0.25) is 0 Å². The first kappa shape index (κ1) is 15.3. The number of hydrogen-bond acceptors (Lipinski definition) is 2. The highest BCUT2D eigenvalue weighted by Crippen LogP contribution is 2.29. The van der Waals surface area contributed by atoms with Crippen molar-refractivity contribution in [2.45, 2.75) is 6.61 Å². The summed E-state index contributed by atoms with van der Waals surface area (Å²) in [5, 5.41) is 0. The molecule has 0 aliphatic rings. The largest absolute Gasteiger partial charge is 0.497 e. The molecule has 0 bridgehead atoms. The van der Waals surface area contributed by atoms with Gasteiger partial charge in [-0.15, -0.1) is 0 Å². The normalized spacial score (nSPS) is 9.44. The maximum Gasteiger partial charge on any atom is 0.316 e. The second-order valence-corrected chi connectivity index (χ2v) is 4.42. The molecule has 0 N–H and O–H groups in total. The van der Waals surface area contributed by atoms with Gasteiger partial charge in [0.15, 0.2) is 0 Å². The van der Waals surface area contributed by atoms with Crippen LogP contribution >= 0.6 is 15.9 Å². The van der Waals surface area contributed by atoms with E-state index in [-0.39, 0.29) is 23.1 Å². The highest BCUT2D eigenvalue weighted by molar-refractivity contribution is 9.10. The Hall–Kier alpha value is -0.714. The van der Waals surface area contributed by atoms with Crippen LogP contribution in [0.25, 0.3) is 0 Å². The molecule has 2 aromatic rings. The van der Waals surface area contributed by atoms with E-state index in [9.17, 15) is 0 Å². The fourth-order valence-electron chi connectivity index (χ4n) is 1.46. The van der Waals surface area contributed by atoms with Crippen LogP contribution in [0.5, 0.6) is 11.5 Å². The first-order valence-corrected chi connectivity index (χ1v) is 6.09. The van der Waals surface area contributed by atoms with Crippen molar-refractivity contribution in [2.24, 2.45) is 0 Å². The van der Waals surface area contributed by atoms with Gasteiger partial charge in [-0.05, 0) is 33.6 Å². The summed E-state index contributed by atoms with van der Waals surface area (Å²) in [6.45, 7) is 0.548. The molecule has 4 heteroatoms. The molecule has 2 nitrogen and oxygen atoms in total. The molecule has 0 radical (unpaired) electrons. The second kappa shape index (κ2) is 7.66. The second-order valence-electron chi connectivity index (χ2n) is 3.57. The summed E-state index contributed by atoms with van der Waals surface area (Å²) in [7, 11) is 1.64. The lowest BCUT2D eigenvalue weighted by Crippen LogP contribution is -1.96. The monoisotopic (exact) mass is 318 g/mol. The number of ether oxygens (including phenoxy) is 2. The van der Waals surface area contributed by atoms with Crippen LogP contribution in [0.1, 0.15) is 5.56 Å². The highest BCUT2D eigenvalue weighted by atomic mass is 79.9. The van der Waals surface area contributed by atoms with E-state index in [1.165, 1.54) is 0 Å². The lowest BCUT2D eigenvalue weighted by atomic mass is 10.2. The summed E-state index contributed by atoms with van der Waals surface area (Å²) < 4.78 is 11.8. The van der Waals surface area contributed by atoms with Gasteiger partial charge < -0.3 is 9.47 Å².